The zero-order valence-corrected chi connectivity index (χ0v) is 10.9. The van der Waals surface area contributed by atoms with Gasteiger partial charge < -0.3 is 10.2 Å². The minimum absolute atomic E-state index is 0.804. The third kappa shape index (κ3) is 3.43. The standard InChI is InChI=1S/C14H23N3/c1-3-8-15-10-13-5-4-6-14(16-13)17-9-7-12(2)11-17/h4-6,12,15H,3,7-11H2,1-2H3. The number of pyridine rings is 1. The van der Waals surface area contributed by atoms with Crippen LogP contribution >= 0.6 is 0 Å². The first kappa shape index (κ1) is 12.4. The Morgan fingerprint density at radius 3 is 3.06 bits per heavy atom. The summed E-state index contributed by atoms with van der Waals surface area (Å²) < 4.78 is 0. The lowest BCUT2D eigenvalue weighted by atomic mass is 10.2. The van der Waals surface area contributed by atoms with Crippen LogP contribution in [-0.2, 0) is 6.54 Å². The summed E-state index contributed by atoms with van der Waals surface area (Å²) in [4.78, 5) is 7.12. The van der Waals surface area contributed by atoms with Gasteiger partial charge in [-0.3, -0.25) is 0 Å². The van der Waals surface area contributed by atoms with Crippen molar-refractivity contribution in [3.05, 3.63) is 23.9 Å². The number of nitrogens with zero attached hydrogens (tertiary/aromatic N) is 2. The smallest absolute Gasteiger partial charge is 0.128 e. The summed E-state index contributed by atoms with van der Waals surface area (Å²) in [6, 6.07) is 6.35. The van der Waals surface area contributed by atoms with E-state index in [9.17, 15) is 0 Å². The van der Waals surface area contributed by atoms with Crippen LogP contribution < -0.4 is 10.2 Å². The molecule has 2 heterocycles. The van der Waals surface area contributed by atoms with Crippen molar-refractivity contribution in [2.24, 2.45) is 5.92 Å². The number of nitrogens with one attached hydrogen (secondary N) is 1. The third-order valence-electron chi connectivity index (χ3n) is 3.27. The second-order valence-electron chi connectivity index (χ2n) is 5.00. The predicted molar refractivity (Wildman–Crippen MR) is 72.2 cm³/mol. The van der Waals surface area contributed by atoms with Crippen LogP contribution in [0.25, 0.3) is 0 Å². The van der Waals surface area contributed by atoms with Crippen LogP contribution in [-0.4, -0.2) is 24.6 Å². The van der Waals surface area contributed by atoms with Gasteiger partial charge in [-0.25, -0.2) is 4.98 Å². The monoisotopic (exact) mass is 233 g/mol. The first-order valence-corrected chi connectivity index (χ1v) is 6.71. The van der Waals surface area contributed by atoms with Crippen molar-refractivity contribution in [2.45, 2.75) is 33.2 Å². The molecule has 0 aromatic carbocycles. The van der Waals surface area contributed by atoms with Crippen molar-refractivity contribution < 1.29 is 0 Å². The lowest BCUT2D eigenvalue weighted by molar-refractivity contribution is 0.656. The van der Waals surface area contributed by atoms with E-state index >= 15 is 0 Å². The lowest BCUT2D eigenvalue weighted by Gasteiger charge is -2.17. The molecule has 17 heavy (non-hydrogen) atoms. The van der Waals surface area contributed by atoms with Gasteiger partial charge in [0.2, 0.25) is 0 Å². The molecule has 0 amide bonds. The summed E-state index contributed by atoms with van der Waals surface area (Å²) in [6.45, 7) is 8.74. The van der Waals surface area contributed by atoms with Crippen LogP contribution in [0, 0.1) is 5.92 Å². The van der Waals surface area contributed by atoms with Gasteiger partial charge in [-0.2, -0.15) is 0 Å². The Morgan fingerprint density at radius 2 is 2.35 bits per heavy atom. The Balaban J connectivity index is 1.96. The molecule has 1 unspecified atom stereocenters. The van der Waals surface area contributed by atoms with Crippen LogP contribution in [0.15, 0.2) is 18.2 Å². The normalized spacial score (nSPS) is 19.9. The van der Waals surface area contributed by atoms with Crippen molar-refractivity contribution in [1.29, 1.82) is 0 Å². The van der Waals surface area contributed by atoms with Gasteiger partial charge in [0.1, 0.15) is 5.82 Å². The molecule has 1 aromatic rings. The molecule has 1 aliphatic rings. The molecular weight excluding hydrogens is 210 g/mol. The predicted octanol–water partition coefficient (Wildman–Crippen LogP) is 2.43. The fourth-order valence-electron chi connectivity index (χ4n) is 2.28. The number of aromatic nitrogens is 1. The van der Waals surface area contributed by atoms with E-state index < -0.39 is 0 Å². The molecule has 1 saturated heterocycles. The summed E-state index contributed by atoms with van der Waals surface area (Å²) in [6.07, 6.45) is 2.46. The van der Waals surface area contributed by atoms with Crippen LogP contribution in [0.1, 0.15) is 32.4 Å². The maximum absolute atomic E-state index is 4.72. The molecule has 0 saturated carbocycles. The lowest BCUT2D eigenvalue weighted by Crippen LogP contribution is -2.21. The van der Waals surface area contributed by atoms with Gasteiger partial charge in [0.05, 0.1) is 5.69 Å². The molecule has 3 heteroatoms. The molecule has 0 aliphatic carbocycles. The van der Waals surface area contributed by atoms with E-state index in [2.05, 4.69) is 42.3 Å². The minimum Gasteiger partial charge on any atom is -0.356 e. The topological polar surface area (TPSA) is 28.2 Å². The van der Waals surface area contributed by atoms with E-state index in [4.69, 9.17) is 4.98 Å². The first-order valence-electron chi connectivity index (χ1n) is 6.71. The van der Waals surface area contributed by atoms with Crippen molar-refractivity contribution in [1.82, 2.24) is 10.3 Å². The highest BCUT2D eigenvalue weighted by molar-refractivity contribution is 5.40. The number of hydrogen-bond acceptors (Lipinski definition) is 3. The quantitative estimate of drug-likeness (QED) is 0.792. The molecule has 3 nitrogen and oxygen atoms in total. The average Bonchev–Trinajstić information content (AvgIpc) is 2.77. The summed E-state index contributed by atoms with van der Waals surface area (Å²) in [5.41, 5.74) is 1.15. The summed E-state index contributed by atoms with van der Waals surface area (Å²) in [7, 11) is 0. The van der Waals surface area contributed by atoms with E-state index in [0.29, 0.717) is 0 Å². The molecule has 0 spiro atoms. The molecular formula is C14H23N3. The maximum atomic E-state index is 4.72. The summed E-state index contributed by atoms with van der Waals surface area (Å²) in [5, 5.41) is 3.40. The Bertz CT molecular complexity index is 351. The highest BCUT2D eigenvalue weighted by Crippen LogP contribution is 2.21. The Morgan fingerprint density at radius 1 is 1.47 bits per heavy atom. The van der Waals surface area contributed by atoms with Gasteiger partial charge in [0.15, 0.2) is 0 Å². The number of anilines is 1. The van der Waals surface area contributed by atoms with E-state index in [1.165, 1.54) is 12.8 Å². The van der Waals surface area contributed by atoms with Crippen molar-refractivity contribution in [3.63, 3.8) is 0 Å². The molecule has 1 atom stereocenters. The minimum atomic E-state index is 0.804. The van der Waals surface area contributed by atoms with E-state index in [-0.39, 0.29) is 0 Å². The molecule has 2 rings (SSSR count). The fourth-order valence-corrected chi connectivity index (χ4v) is 2.28. The highest BCUT2D eigenvalue weighted by atomic mass is 15.2. The summed E-state index contributed by atoms with van der Waals surface area (Å²) in [5.74, 6) is 1.95. The van der Waals surface area contributed by atoms with Crippen LogP contribution in [0.4, 0.5) is 5.82 Å². The fraction of sp³-hybridized carbons (Fsp3) is 0.643. The van der Waals surface area contributed by atoms with E-state index in [1.807, 2.05) is 0 Å². The second kappa shape index (κ2) is 6.01. The number of rotatable bonds is 5. The van der Waals surface area contributed by atoms with E-state index in [1.54, 1.807) is 0 Å². The van der Waals surface area contributed by atoms with Crippen LogP contribution in [0.3, 0.4) is 0 Å². The second-order valence-corrected chi connectivity index (χ2v) is 5.00. The zero-order valence-electron chi connectivity index (χ0n) is 10.9. The van der Waals surface area contributed by atoms with Gasteiger partial charge in [-0.15, -0.1) is 0 Å². The van der Waals surface area contributed by atoms with Gasteiger partial charge in [0.25, 0.3) is 0 Å². The maximum Gasteiger partial charge on any atom is 0.128 e. The molecule has 94 valence electrons. The average molecular weight is 233 g/mol. The van der Waals surface area contributed by atoms with Crippen molar-refractivity contribution in [3.8, 4) is 0 Å². The van der Waals surface area contributed by atoms with Gasteiger partial charge in [-0.05, 0) is 37.4 Å². The zero-order chi connectivity index (χ0) is 12.1. The van der Waals surface area contributed by atoms with Crippen molar-refractivity contribution >= 4 is 5.82 Å². The summed E-state index contributed by atoms with van der Waals surface area (Å²) >= 11 is 0. The first-order chi connectivity index (χ1) is 8.29. The molecule has 0 bridgehead atoms. The molecule has 1 aromatic heterocycles. The van der Waals surface area contributed by atoms with Crippen LogP contribution in [0.2, 0.25) is 0 Å². The van der Waals surface area contributed by atoms with E-state index in [0.717, 1.165) is 43.6 Å². The van der Waals surface area contributed by atoms with Gasteiger partial charge in [-0.1, -0.05) is 19.9 Å². The molecule has 1 N–H and O–H groups in total. The molecule has 0 radical (unpaired) electrons. The third-order valence-corrected chi connectivity index (χ3v) is 3.27. The van der Waals surface area contributed by atoms with Crippen molar-refractivity contribution in [2.75, 3.05) is 24.5 Å². The molecule has 1 aliphatic heterocycles. The Kier molecular flexibility index (Phi) is 4.37. The Labute approximate surface area is 104 Å². The number of hydrogen-bond donors (Lipinski definition) is 1. The SMILES string of the molecule is CCCNCc1cccc(N2CCC(C)C2)n1. The van der Waals surface area contributed by atoms with Crippen LogP contribution in [0.5, 0.6) is 0 Å². The molecule has 1 fully saturated rings. The highest BCUT2D eigenvalue weighted by Gasteiger charge is 2.19. The van der Waals surface area contributed by atoms with Gasteiger partial charge >= 0.3 is 0 Å². The largest absolute Gasteiger partial charge is 0.356 e. The Hall–Kier alpha value is -1.09. The van der Waals surface area contributed by atoms with Gasteiger partial charge in [0, 0.05) is 19.6 Å².